The summed E-state index contributed by atoms with van der Waals surface area (Å²) in [7, 11) is 0. The molecule has 0 fully saturated rings. The number of rotatable bonds is 5. The maximum Gasteiger partial charge on any atom is 0.238 e. The van der Waals surface area contributed by atoms with Crippen molar-refractivity contribution in [3.8, 4) is 34.4 Å². The molecule has 0 N–H and O–H groups in total. The van der Waals surface area contributed by atoms with Crippen molar-refractivity contribution in [2.24, 2.45) is 4.99 Å². The molecule has 4 aromatic heterocycles. The minimum absolute atomic E-state index is 0.486. The lowest BCUT2D eigenvalue weighted by Gasteiger charge is -2.14. The van der Waals surface area contributed by atoms with Crippen molar-refractivity contribution in [3.63, 3.8) is 0 Å². The number of pyridine rings is 1. The molecule has 0 aliphatic heterocycles. The monoisotopic (exact) mass is 631 g/mol. The molecule has 0 atom stereocenters. The van der Waals surface area contributed by atoms with Crippen LogP contribution in [0, 0.1) is 0 Å². The first kappa shape index (κ1) is 28.5. The van der Waals surface area contributed by atoms with Crippen LogP contribution in [-0.2, 0) is 0 Å². The molecule has 4 heterocycles. The van der Waals surface area contributed by atoms with E-state index in [1.165, 1.54) is 0 Å². The molecular weight excluding hydrogens is 603 g/mol. The third-order valence-corrected chi connectivity index (χ3v) is 9.11. The average Bonchev–Trinajstić information content (AvgIpc) is 3.69. The van der Waals surface area contributed by atoms with Gasteiger partial charge in [-0.05, 0) is 42.6 Å². The van der Waals surface area contributed by atoms with Crippen LogP contribution in [0.1, 0.15) is 6.92 Å². The molecule has 0 amide bonds. The molecule has 0 saturated carbocycles. The zero-order valence-corrected chi connectivity index (χ0v) is 26.7. The molecule has 7 heteroatoms. The van der Waals surface area contributed by atoms with Crippen LogP contribution in [0.25, 0.3) is 90.2 Å². The fraction of sp³-hybridized carbons (Fsp3) is 0.0238. The zero-order chi connectivity index (χ0) is 32.9. The summed E-state index contributed by atoms with van der Waals surface area (Å²) < 4.78 is 4.45. The van der Waals surface area contributed by atoms with Gasteiger partial charge in [-0.15, -0.1) is 0 Å². The van der Waals surface area contributed by atoms with Crippen molar-refractivity contribution in [1.29, 1.82) is 0 Å². The standard InChI is InChI=1S/C42H29N7/c1-3-30-34(25-43-2)49(42-46-40(27-15-7-4-8-16-27)45-41(47-42)28-17-9-5-10-18-28)39-36(30)31-21-13-14-22-32(31)37-33-23-24-44-26-35(33)48(38(37)39)29-19-11-6-12-20-29/h3-26H,2H2,1H3/b30-3+,34-25+. The van der Waals surface area contributed by atoms with Gasteiger partial charge in [0, 0.05) is 44.4 Å². The van der Waals surface area contributed by atoms with E-state index in [4.69, 9.17) is 15.0 Å². The molecule has 0 saturated heterocycles. The van der Waals surface area contributed by atoms with Crippen molar-refractivity contribution in [3.05, 3.63) is 144 Å². The Bertz CT molecular complexity index is 2780. The van der Waals surface area contributed by atoms with Crippen molar-refractivity contribution < 1.29 is 0 Å². The summed E-state index contributed by atoms with van der Waals surface area (Å²) >= 11 is 0. The maximum absolute atomic E-state index is 5.21. The van der Waals surface area contributed by atoms with Gasteiger partial charge in [-0.3, -0.25) is 14.5 Å². The Balaban J connectivity index is 1.57. The predicted octanol–water partition coefficient (Wildman–Crippen LogP) is 8.03. The van der Waals surface area contributed by atoms with Crippen molar-refractivity contribution >= 4 is 62.5 Å². The first-order valence-corrected chi connectivity index (χ1v) is 16.1. The van der Waals surface area contributed by atoms with Gasteiger partial charge in [-0.2, -0.15) is 9.97 Å². The third-order valence-electron chi connectivity index (χ3n) is 9.11. The lowest BCUT2D eigenvalue weighted by Crippen LogP contribution is -2.29. The van der Waals surface area contributed by atoms with Crippen LogP contribution < -0.4 is 10.6 Å². The highest BCUT2D eigenvalue weighted by atomic mass is 15.2. The second kappa shape index (κ2) is 11.5. The lowest BCUT2D eigenvalue weighted by atomic mass is 9.99. The molecule has 9 aromatic rings. The van der Waals surface area contributed by atoms with Gasteiger partial charge < -0.3 is 4.57 Å². The van der Waals surface area contributed by atoms with Crippen LogP contribution in [0.5, 0.6) is 0 Å². The van der Waals surface area contributed by atoms with Crippen LogP contribution in [0.3, 0.4) is 0 Å². The third kappa shape index (κ3) is 4.40. The predicted molar refractivity (Wildman–Crippen MR) is 201 cm³/mol. The minimum atomic E-state index is 0.486. The lowest BCUT2D eigenvalue weighted by molar-refractivity contribution is 0.910. The van der Waals surface area contributed by atoms with Gasteiger partial charge in [0.25, 0.3) is 0 Å². The fourth-order valence-corrected chi connectivity index (χ4v) is 7.11. The largest absolute Gasteiger partial charge is 0.306 e. The maximum atomic E-state index is 5.21. The average molecular weight is 632 g/mol. The van der Waals surface area contributed by atoms with Crippen molar-refractivity contribution in [1.82, 2.24) is 29.1 Å². The highest BCUT2D eigenvalue weighted by Gasteiger charge is 2.25. The Labute approximate surface area is 281 Å². The molecule has 0 radical (unpaired) electrons. The Morgan fingerprint density at radius 2 is 1.18 bits per heavy atom. The number of hydrogen-bond acceptors (Lipinski definition) is 5. The molecule has 0 bridgehead atoms. The number of aliphatic imine (C=N–C) groups is 1. The van der Waals surface area contributed by atoms with Crippen LogP contribution >= 0.6 is 0 Å². The van der Waals surface area contributed by atoms with Gasteiger partial charge in [0.1, 0.15) is 0 Å². The van der Waals surface area contributed by atoms with E-state index in [0.29, 0.717) is 17.6 Å². The first-order chi connectivity index (χ1) is 24.3. The summed E-state index contributed by atoms with van der Waals surface area (Å²) in [6, 6.07) is 41.2. The topological polar surface area (TPSA) is 73.8 Å². The van der Waals surface area contributed by atoms with E-state index < -0.39 is 0 Å². The molecular formula is C42H29N7. The SMILES string of the molecule is C=N/C=c1\c(=C/C)c2c3ccccc3c3c4ccncc4n(-c4ccccc4)c3c2n1-c1nc(-c2ccccc2)nc(-c2ccccc2)n1. The van der Waals surface area contributed by atoms with Crippen LogP contribution in [0.4, 0.5) is 0 Å². The molecule has 9 rings (SSSR count). The molecule has 7 nitrogen and oxygen atoms in total. The number of nitrogens with zero attached hydrogens (tertiary/aromatic N) is 7. The second-order valence-electron chi connectivity index (χ2n) is 11.8. The summed E-state index contributed by atoms with van der Waals surface area (Å²) in [6.07, 6.45) is 7.76. The molecule has 232 valence electrons. The number of para-hydroxylation sites is 1. The number of fused-ring (bicyclic) bond motifs is 8. The Morgan fingerprint density at radius 3 is 1.80 bits per heavy atom. The van der Waals surface area contributed by atoms with E-state index in [2.05, 4.69) is 93.4 Å². The smallest absolute Gasteiger partial charge is 0.238 e. The van der Waals surface area contributed by atoms with E-state index in [1.54, 1.807) is 6.20 Å². The van der Waals surface area contributed by atoms with Crippen LogP contribution in [-0.4, -0.2) is 35.8 Å². The van der Waals surface area contributed by atoms with Crippen molar-refractivity contribution in [2.75, 3.05) is 0 Å². The molecule has 0 aliphatic carbocycles. The van der Waals surface area contributed by atoms with E-state index in [0.717, 1.165) is 70.9 Å². The summed E-state index contributed by atoms with van der Waals surface area (Å²) in [5, 5.41) is 7.45. The van der Waals surface area contributed by atoms with E-state index in [1.807, 2.05) is 79.1 Å². The number of benzene rings is 5. The second-order valence-corrected chi connectivity index (χ2v) is 11.8. The van der Waals surface area contributed by atoms with E-state index >= 15 is 0 Å². The zero-order valence-electron chi connectivity index (χ0n) is 26.7. The normalized spacial score (nSPS) is 12.5. The fourth-order valence-electron chi connectivity index (χ4n) is 7.11. The highest BCUT2D eigenvalue weighted by Crippen LogP contribution is 2.41. The van der Waals surface area contributed by atoms with Gasteiger partial charge in [0.05, 0.1) is 34.3 Å². The Hall–Kier alpha value is -6.73. The Morgan fingerprint density at radius 1 is 0.612 bits per heavy atom. The summed E-state index contributed by atoms with van der Waals surface area (Å²) in [5.41, 5.74) is 5.82. The number of hydrogen-bond donors (Lipinski definition) is 0. The molecule has 5 aromatic carbocycles. The first-order valence-electron chi connectivity index (χ1n) is 16.1. The molecule has 49 heavy (non-hydrogen) atoms. The molecule has 0 unspecified atom stereocenters. The quantitative estimate of drug-likeness (QED) is 0.180. The minimum Gasteiger partial charge on any atom is -0.306 e. The van der Waals surface area contributed by atoms with Gasteiger partial charge >= 0.3 is 0 Å². The summed E-state index contributed by atoms with van der Waals surface area (Å²) in [5.74, 6) is 1.65. The highest BCUT2D eigenvalue weighted by molar-refractivity contribution is 6.31. The van der Waals surface area contributed by atoms with Gasteiger partial charge in [-0.25, -0.2) is 4.98 Å². The van der Waals surface area contributed by atoms with Gasteiger partial charge in [0.2, 0.25) is 5.95 Å². The summed E-state index contributed by atoms with van der Waals surface area (Å²) in [4.78, 5) is 24.3. The van der Waals surface area contributed by atoms with E-state index in [9.17, 15) is 0 Å². The van der Waals surface area contributed by atoms with Crippen LogP contribution in [0.2, 0.25) is 0 Å². The molecule has 0 spiro atoms. The number of aromatic nitrogens is 6. The molecule has 0 aliphatic rings. The van der Waals surface area contributed by atoms with E-state index in [-0.39, 0.29) is 0 Å². The Kier molecular flexibility index (Phi) is 6.69. The van der Waals surface area contributed by atoms with Gasteiger partial charge in [-0.1, -0.05) is 109 Å². The van der Waals surface area contributed by atoms with Crippen molar-refractivity contribution in [2.45, 2.75) is 6.92 Å². The van der Waals surface area contributed by atoms with Gasteiger partial charge in [0.15, 0.2) is 11.6 Å². The van der Waals surface area contributed by atoms with Crippen LogP contribution in [0.15, 0.2) is 139 Å². The summed E-state index contributed by atoms with van der Waals surface area (Å²) in [6.45, 7) is 5.95.